The first-order valence-corrected chi connectivity index (χ1v) is 10.9. The molecule has 3 rings (SSSR count). The molecule has 2 heterocycles. The van der Waals surface area contributed by atoms with E-state index in [1.807, 2.05) is 11.3 Å². The molecule has 0 saturated carbocycles. The Bertz CT molecular complexity index is 589. The molecule has 0 bridgehead atoms. The van der Waals surface area contributed by atoms with Gasteiger partial charge in [-0.25, -0.2) is 18.1 Å². The second-order valence-corrected chi connectivity index (χ2v) is 9.38. The van der Waals surface area contributed by atoms with Crippen LogP contribution in [0.2, 0.25) is 0 Å². The van der Waals surface area contributed by atoms with Gasteiger partial charge in [-0.05, 0) is 45.1 Å². The van der Waals surface area contributed by atoms with Crippen LogP contribution in [0.15, 0.2) is 0 Å². The summed E-state index contributed by atoms with van der Waals surface area (Å²) in [6.45, 7) is 3.36. The number of likely N-dealkylation sites (tertiary alicyclic amines) is 1. The van der Waals surface area contributed by atoms with Gasteiger partial charge in [-0.1, -0.05) is 0 Å². The number of nitrogens with one attached hydrogen (secondary N) is 1. The number of hydrogen-bond acceptors (Lipinski definition) is 5. The summed E-state index contributed by atoms with van der Waals surface area (Å²) in [5, 5.41) is 1.31. The summed E-state index contributed by atoms with van der Waals surface area (Å²) in [4.78, 5) is 8.79. The standard InChI is InChI=1S/C15H25N3O2S2/c1-22(19,20)16-8-10-18-9-4-5-12(11-18)15-17-13-6-2-3-7-14(13)21-15/h12,16H,2-11H2,1H3/t12-/m1/s1. The van der Waals surface area contributed by atoms with E-state index in [0.717, 1.165) is 26.1 Å². The van der Waals surface area contributed by atoms with Gasteiger partial charge in [0.05, 0.1) is 17.0 Å². The molecule has 1 aliphatic heterocycles. The molecular formula is C15H25N3O2S2. The van der Waals surface area contributed by atoms with Crippen LogP contribution in [-0.4, -0.2) is 50.7 Å². The maximum absolute atomic E-state index is 11.1. The number of piperidine rings is 1. The van der Waals surface area contributed by atoms with Gasteiger partial charge in [0.25, 0.3) is 0 Å². The highest BCUT2D eigenvalue weighted by atomic mass is 32.2. The maximum Gasteiger partial charge on any atom is 0.208 e. The minimum absolute atomic E-state index is 0.500. The minimum Gasteiger partial charge on any atom is -0.301 e. The lowest BCUT2D eigenvalue weighted by molar-refractivity contribution is 0.211. The third-order valence-electron chi connectivity index (χ3n) is 4.51. The zero-order valence-electron chi connectivity index (χ0n) is 13.2. The average Bonchev–Trinajstić information content (AvgIpc) is 2.90. The quantitative estimate of drug-likeness (QED) is 0.885. The van der Waals surface area contributed by atoms with Crippen LogP contribution in [-0.2, 0) is 22.9 Å². The number of aromatic nitrogens is 1. The fraction of sp³-hybridized carbons (Fsp3) is 0.800. The molecule has 0 unspecified atom stereocenters. The van der Waals surface area contributed by atoms with E-state index in [1.165, 1.54) is 53.9 Å². The highest BCUT2D eigenvalue weighted by molar-refractivity contribution is 7.88. The SMILES string of the molecule is CS(=O)(=O)NCCN1CCC[C@@H](c2nc3c(s2)CCCC3)C1. The molecule has 22 heavy (non-hydrogen) atoms. The lowest BCUT2D eigenvalue weighted by Gasteiger charge is -2.31. The van der Waals surface area contributed by atoms with E-state index in [1.54, 1.807) is 0 Å². The third-order valence-corrected chi connectivity index (χ3v) is 6.56. The summed E-state index contributed by atoms with van der Waals surface area (Å²) in [6.07, 6.45) is 8.55. The molecule has 1 aliphatic carbocycles. The highest BCUT2D eigenvalue weighted by Gasteiger charge is 2.25. The van der Waals surface area contributed by atoms with E-state index >= 15 is 0 Å². The van der Waals surface area contributed by atoms with Gasteiger partial charge < -0.3 is 4.90 Å². The number of hydrogen-bond donors (Lipinski definition) is 1. The summed E-state index contributed by atoms with van der Waals surface area (Å²) in [7, 11) is -3.08. The molecular weight excluding hydrogens is 318 g/mol. The van der Waals surface area contributed by atoms with Crippen molar-refractivity contribution in [2.24, 2.45) is 0 Å². The third kappa shape index (κ3) is 4.28. The Morgan fingerprint density at radius 1 is 1.32 bits per heavy atom. The number of fused-ring (bicyclic) bond motifs is 1. The van der Waals surface area contributed by atoms with Gasteiger partial charge in [-0.15, -0.1) is 11.3 Å². The highest BCUT2D eigenvalue weighted by Crippen LogP contribution is 2.34. The molecule has 0 amide bonds. The molecule has 1 saturated heterocycles. The van der Waals surface area contributed by atoms with Crippen LogP contribution in [0.25, 0.3) is 0 Å². The Kier molecular flexibility index (Phi) is 5.17. The molecule has 1 atom stereocenters. The van der Waals surface area contributed by atoms with Crippen LogP contribution in [0.4, 0.5) is 0 Å². The number of nitrogens with zero attached hydrogens (tertiary/aromatic N) is 2. The Labute approximate surface area is 137 Å². The van der Waals surface area contributed by atoms with E-state index in [9.17, 15) is 8.42 Å². The maximum atomic E-state index is 11.1. The zero-order valence-corrected chi connectivity index (χ0v) is 14.8. The Hall–Kier alpha value is -0.500. The molecule has 0 radical (unpaired) electrons. The molecule has 7 heteroatoms. The zero-order chi connectivity index (χ0) is 15.6. The van der Waals surface area contributed by atoms with Crippen molar-refractivity contribution in [1.82, 2.24) is 14.6 Å². The average molecular weight is 344 g/mol. The number of sulfonamides is 1. The summed E-state index contributed by atoms with van der Waals surface area (Å²) in [6, 6.07) is 0. The van der Waals surface area contributed by atoms with Gasteiger partial charge in [0, 0.05) is 30.4 Å². The van der Waals surface area contributed by atoms with Gasteiger partial charge in [0.15, 0.2) is 0 Å². The Balaban J connectivity index is 1.57. The second kappa shape index (κ2) is 6.95. The molecule has 2 aliphatic rings. The topological polar surface area (TPSA) is 62.3 Å². The summed E-state index contributed by atoms with van der Waals surface area (Å²) in [5.41, 5.74) is 1.35. The van der Waals surface area contributed by atoms with Crippen LogP contribution < -0.4 is 4.72 Å². The molecule has 5 nitrogen and oxygen atoms in total. The van der Waals surface area contributed by atoms with Crippen molar-refractivity contribution in [3.63, 3.8) is 0 Å². The van der Waals surface area contributed by atoms with E-state index in [4.69, 9.17) is 4.98 Å². The molecule has 1 N–H and O–H groups in total. The van der Waals surface area contributed by atoms with E-state index in [-0.39, 0.29) is 0 Å². The smallest absolute Gasteiger partial charge is 0.208 e. The van der Waals surface area contributed by atoms with Crippen molar-refractivity contribution in [2.45, 2.75) is 44.4 Å². The Morgan fingerprint density at radius 3 is 2.91 bits per heavy atom. The number of aryl methyl sites for hydroxylation is 2. The summed E-state index contributed by atoms with van der Waals surface area (Å²) < 4.78 is 24.8. The van der Waals surface area contributed by atoms with Gasteiger partial charge in [0.1, 0.15) is 0 Å². The van der Waals surface area contributed by atoms with Crippen molar-refractivity contribution in [2.75, 3.05) is 32.4 Å². The predicted octanol–water partition coefficient (Wildman–Crippen LogP) is 1.75. The number of rotatable bonds is 5. The Morgan fingerprint density at radius 2 is 2.14 bits per heavy atom. The normalized spacial score (nSPS) is 23.4. The van der Waals surface area contributed by atoms with E-state index < -0.39 is 10.0 Å². The molecule has 1 fully saturated rings. The fourth-order valence-electron chi connectivity index (χ4n) is 3.40. The van der Waals surface area contributed by atoms with Crippen molar-refractivity contribution in [3.05, 3.63) is 15.6 Å². The van der Waals surface area contributed by atoms with Crippen molar-refractivity contribution < 1.29 is 8.42 Å². The first-order valence-electron chi connectivity index (χ1n) is 8.17. The van der Waals surface area contributed by atoms with Crippen LogP contribution in [0, 0.1) is 0 Å². The minimum atomic E-state index is -3.08. The summed E-state index contributed by atoms with van der Waals surface area (Å²) >= 11 is 1.92. The van der Waals surface area contributed by atoms with Crippen molar-refractivity contribution >= 4 is 21.4 Å². The van der Waals surface area contributed by atoms with Crippen molar-refractivity contribution in [3.8, 4) is 0 Å². The monoisotopic (exact) mass is 343 g/mol. The fourth-order valence-corrected chi connectivity index (χ4v) is 5.14. The van der Waals surface area contributed by atoms with Crippen LogP contribution in [0.3, 0.4) is 0 Å². The van der Waals surface area contributed by atoms with Gasteiger partial charge in [0.2, 0.25) is 10.0 Å². The van der Waals surface area contributed by atoms with Crippen molar-refractivity contribution in [1.29, 1.82) is 0 Å². The lowest BCUT2D eigenvalue weighted by atomic mass is 9.98. The number of thiazole rings is 1. The molecule has 1 aromatic heterocycles. The first-order chi connectivity index (χ1) is 10.5. The summed E-state index contributed by atoms with van der Waals surface area (Å²) in [5.74, 6) is 0.530. The van der Waals surface area contributed by atoms with Gasteiger partial charge in [-0.3, -0.25) is 0 Å². The molecule has 0 aromatic carbocycles. The van der Waals surface area contributed by atoms with E-state index in [2.05, 4.69) is 9.62 Å². The van der Waals surface area contributed by atoms with Gasteiger partial charge in [-0.2, -0.15) is 0 Å². The predicted molar refractivity (Wildman–Crippen MR) is 90.0 cm³/mol. The first kappa shape index (κ1) is 16.4. The second-order valence-electron chi connectivity index (χ2n) is 6.44. The van der Waals surface area contributed by atoms with Crippen LogP contribution >= 0.6 is 11.3 Å². The van der Waals surface area contributed by atoms with Gasteiger partial charge >= 0.3 is 0 Å². The van der Waals surface area contributed by atoms with Crippen LogP contribution in [0.5, 0.6) is 0 Å². The largest absolute Gasteiger partial charge is 0.301 e. The van der Waals surface area contributed by atoms with Crippen LogP contribution in [0.1, 0.15) is 47.2 Å². The molecule has 0 spiro atoms. The molecule has 1 aromatic rings. The van der Waals surface area contributed by atoms with E-state index in [0.29, 0.717) is 12.5 Å². The lowest BCUT2D eigenvalue weighted by Crippen LogP contribution is -2.39. The molecule has 124 valence electrons.